The molecule has 0 radical (unpaired) electrons. The Morgan fingerprint density at radius 2 is 2.13 bits per heavy atom. The maximum absolute atomic E-state index is 9.63. The van der Waals surface area contributed by atoms with Crippen LogP contribution in [0.15, 0.2) is 36.5 Å². The van der Waals surface area contributed by atoms with Crippen molar-refractivity contribution >= 4 is 0 Å². The average molecular weight is 207 g/mol. The molecule has 0 amide bonds. The van der Waals surface area contributed by atoms with E-state index in [2.05, 4.69) is 18.0 Å². The minimum Gasteiger partial charge on any atom is -0.395 e. The minimum atomic E-state index is -0.0635. The quantitative estimate of drug-likeness (QED) is 0.691. The van der Waals surface area contributed by atoms with Crippen LogP contribution in [0.1, 0.15) is 19.8 Å². The van der Waals surface area contributed by atoms with Gasteiger partial charge in [-0.25, -0.2) is 0 Å². The highest BCUT2D eigenvalue weighted by molar-refractivity contribution is 5.31. The molecular formula is C13H21NO. The maximum atomic E-state index is 9.63. The summed E-state index contributed by atoms with van der Waals surface area (Å²) in [5.41, 5.74) is 1.13. The highest BCUT2D eigenvalue weighted by Crippen LogP contribution is 2.37. The summed E-state index contributed by atoms with van der Waals surface area (Å²) in [6.45, 7) is 7.92. The van der Waals surface area contributed by atoms with Crippen LogP contribution < -0.4 is 5.32 Å². The zero-order chi connectivity index (χ0) is 11.1. The van der Waals surface area contributed by atoms with Gasteiger partial charge in [-0.05, 0) is 38.4 Å². The lowest BCUT2D eigenvalue weighted by Gasteiger charge is -2.37. The Balaban J connectivity index is 2.94. The van der Waals surface area contributed by atoms with Crippen LogP contribution in [0.3, 0.4) is 0 Å². The van der Waals surface area contributed by atoms with Crippen molar-refractivity contribution in [1.82, 2.24) is 5.32 Å². The van der Waals surface area contributed by atoms with Crippen molar-refractivity contribution in [3.05, 3.63) is 36.5 Å². The Morgan fingerprint density at radius 3 is 2.60 bits per heavy atom. The van der Waals surface area contributed by atoms with Gasteiger partial charge in [-0.3, -0.25) is 0 Å². The topological polar surface area (TPSA) is 32.3 Å². The minimum absolute atomic E-state index is 0.0635. The Hall–Kier alpha value is -0.860. The zero-order valence-electron chi connectivity index (χ0n) is 9.50. The van der Waals surface area contributed by atoms with Crippen molar-refractivity contribution in [2.45, 2.75) is 19.8 Å². The second kappa shape index (κ2) is 5.89. The molecular weight excluding hydrogens is 186 g/mol. The molecule has 0 aromatic rings. The van der Waals surface area contributed by atoms with Crippen LogP contribution >= 0.6 is 0 Å². The van der Waals surface area contributed by atoms with E-state index >= 15 is 0 Å². The lowest BCUT2D eigenvalue weighted by Crippen LogP contribution is -2.40. The van der Waals surface area contributed by atoms with Crippen LogP contribution in [0.5, 0.6) is 0 Å². The van der Waals surface area contributed by atoms with Crippen molar-refractivity contribution in [2.24, 2.45) is 5.41 Å². The first-order valence-electron chi connectivity index (χ1n) is 5.56. The fourth-order valence-electron chi connectivity index (χ4n) is 2.16. The molecule has 0 spiro atoms. The predicted octanol–water partition coefficient (Wildman–Crippen LogP) is 2.04. The highest BCUT2D eigenvalue weighted by atomic mass is 16.3. The van der Waals surface area contributed by atoms with Crippen molar-refractivity contribution in [3.63, 3.8) is 0 Å². The van der Waals surface area contributed by atoms with E-state index in [1.165, 1.54) is 5.57 Å². The van der Waals surface area contributed by atoms with Crippen molar-refractivity contribution in [3.8, 4) is 0 Å². The maximum Gasteiger partial charge on any atom is 0.0528 e. The van der Waals surface area contributed by atoms with E-state index in [0.717, 1.165) is 25.9 Å². The number of nitrogens with one attached hydrogen (secondary N) is 1. The van der Waals surface area contributed by atoms with Crippen LogP contribution in [0, 0.1) is 5.41 Å². The molecule has 15 heavy (non-hydrogen) atoms. The first-order valence-corrected chi connectivity index (χ1v) is 5.56. The fourth-order valence-corrected chi connectivity index (χ4v) is 2.16. The van der Waals surface area contributed by atoms with E-state index < -0.39 is 0 Å². The molecule has 0 bridgehead atoms. The third-order valence-corrected chi connectivity index (χ3v) is 3.12. The molecule has 1 aliphatic rings. The fraction of sp³-hybridized carbons (Fsp3) is 0.538. The molecule has 2 heteroatoms. The number of hydrogen-bond acceptors (Lipinski definition) is 2. The second-order valence-electron chi connectivity index (χ2n) is 4.05. The van der Waals surface area contributed by atoms with E-state index in [-0.39, 0.29) is 12.0 Å². The molecule has 1 aliphatic heterocycles. The van der Waals surface area contributed by atoms with Gasteiger partial charge in [0, 0.05) is 5.41 Å². The van der Waals surface area contributed by atoms with Gasteiger partial charge in [-0.1, -0.05) is 30.9 Å². The number of allylic oxidation sites excluding steroid dienone is 4. The molecule has 0 aromatic heterocycles. The first-order chi connectivity index (χ1) is 7.29. The van der Waals surface area contributed by atoms with Crippen LogP contribution in [-0.2, 0) is 0 Å². The largest absolute Gasteiger partial charge is 0.395 e. The number of rotatable bonds is 4. The van der Waals surface area contributed by atoms with E-state index in [1.807, 2.05) is 19.1 Å². The molecule has 0 saturated carbocycles. The third kappa shape index (κ3) is 2.80. The second-order valence-corrected chi connectivity index (χ2v) is 4.05. The summed E-state index contributed by atoms with van der Waals surface area (Å²) in [5, 5.41) is 13.0. The van der Waals surface area contributed by atoms with Gasteiger partial charge >= 0.3 is 0 Å². The lowest BCUT2D eigenvalue weighted by atomic mass is 9.73. The summed E-state index contributed by atoms with van der Waals surface area (Å²) >= 11 is 0. The molecule has 1 fully saturated rings. The van der Waals surface area contributed by atoms with E-state index in [4.69, 9.17) is 0 Å². The monoisotopic (exact) mass is 207 g/mol. The molecule has 1 rings (SSSR count). The van der Waals surface area contributed by atoms with Crippen molar-refractivity contribution in [1.29, 1.82) is 0 Å². The summed E-state index contributed by atoms with van der Waals surface area (Å²) in [6.07, 6.45) is 9.91. The number of piperidine rings is 1. The van der Waals surface area contributed by atoms with Gasteiger partial charge in [0.25, 0.3) is 0 Å². The third-order valence-electron chi connectivity index (χ3n) is 3.12. The molecule has 0 atom stereocenters. The summed E-state index contributed by atoms with van der Waals surface area (Å²) in [6, 6.07) is 0. The Bertz CT molecular complexity index is 260. The summed E-state index contributed by atoms with van der Waals surface area (Å²) in [4.78, 5) is 0. The number of aliphatic hydroxyl groups is 1. The van der Waals surface area contributed by atoms with Gasteiger partial charge < -0.3 is 10.4 Å². The standard InChI is InChI=1S/C13H21NO/c1-3-5-12(6-4-2)13(11-15)7-9-14-10-8-13/h3-6,14-15H,1,7-11H2,2H3/b6-4-,12-5+. The van der Waals surface area contributed by atoms with Crippen LogP contribution in [0.25, 0.3) is 0 Å². The van der Waals surface area contributed by atoms with E-state index in [1.54, 1.807) is 6.08 Å². The molecule has 2 N–H and O–H groups in total. The van der Waals surface area contributed by atoms with Gasteiger partial charge in [0.2, 0.25) is 0 Å². The van der Waals surface area contributed by atoms with Gasteiger partial charge in [0.15, 0.2) is 0 Å². The highest BCUT2D eigenvalue weighted by Gasteiger charge is 2.33. The Labute approximate surface area is 92.4 Å². The molecule has 84 valence electrons. The average Bonchev–Trinajstić information content (AvgIpc) is 2.30. The summed E-state index contributed by atoms with van der Waals surface area (Å²) < 4.78 is 0. The Morgan fingerprint density at radius 1 is 1.47 bits per heavy atom. The van der Waals surface area contributed by atoms with Gasteiger partial charge in [-0.2, -0.15) is 0 Å². The van der Waals surface area contributed by atoms with Crippen molar-refractivity contribution < 1.29 is 5.11 Å². The molecule has 2 nitrogen and oxygen atoms in total. The Kier molecular flexibility index (Phi) is 4.79. The first kappa shape index (κ1) is 12.2. The normalized spacial score (nSPS) is 21.9. The zero-order valence-corrected chi connectivity index (χ0v) is 9.50. The number of hydrogen-bond donors (Lipinski definition) is 2. The molecule has 0 unspecified atom stereocenters. The van der Waals surface area contributed by atoms with Crippen LogP contribution in [0.2, 0.25) is 0 Å². The molecule has 1 saturated heterocycles. The lowest BCUT2D eigenvalue weighted by molar-refractivity contribution is 0.126. The van der Waals surface area contributed by atoms with Crippen LogP contribution in [0.4, 0.5) is 0 Å². The number of aliphatic hydroxyl groups excluding tert-OH is 1. The smallest absolute Gasteiger partial charge is 0.0528 e. The van der Waals surface area contributed by atoms with E-state index in [0.29, 0.717) is 0 Å². The predicted molar refractivity (Wildman–Crippen MR) is 64.7 cm³/mol. The van der Waals surface area contributed by atoms with Gasteiger partial charge in [0.05, 0.1) is 6.61 Å². The summed E-state index contributed by atoms with van der Waals surface area (Å²) in [5.74, 6) is 0. The van der Waals surface area contributed by atoms with E-state index in [9.17, 15) is 5.11 Å². The molecule has 0 aliphatic carbocycles. The van der Waals surface area contributed by atoms with Crippen LogP contribution in [-0.4, -0.2) is 24.8 Å². The molecule has 0 aromatic carbocycles. The van der Waals surface area contributed by atoms with Crippen molar-refractivity contribution in [2.75, 3.05) is 19.7 Å². The SMILES string of the molecule is C=C/C=C(\C=C/C)C1(CO)CCNCC1. The van der Waals surface area contributed by atoms with Gasteiger partial charge in [-0.15, -0.1) is 0 Å². The molecule has 1 heterocycles. The summed E-state index contributed by atoms with van der Waals surface area (Å²) in [7, 11) is 0. The van der Waals surface area contributed by atoms with Gasteiger partial charge in [0.1, 0.15) is 0 Å².